The summed E-state index contributed by atoms with van der Waals surface area (Å²) in [5.41, 5.74) is 2.07. The van der Waals surface area contributed by atoms with Crippen LogP contribution in [-0.4, -0.2) is 56.1 Å². The Labute approximate surface area is 158 Å². The minimum Gasteiger partial charge on any atom is -0.496 e. The number of benzene rings is 1. The number of guanidine groups is 1. The molecular weight excluding hydrogens is 328 g/mol. The molecule has 0 radical (unpaired) electrons. The lowest BCUT2D eigenvalue weighted by Crippen LogP contribution is -2.48. The van der Waals surface area contributed by atoms with Gasteiger partial charge >= 0.3 is 0 Å². The third kappa shape index (κ3) is 7.76. The van der Waals surface area contributed by atoms with Crippen LogP contribution in [0.15, 0.2) is 23.2 Å². The van der Waals surface area contributed by atoms with Gasteiger partial charge in [0.1, 0.15) is 5.75 Å². The number of hydrogen-bond donors (Lipinski definition) is 2. The number of nitrogens with zero attached hydrogens (tertiary/aromatic N) is 2. The Kier molecular flexibility index (Phi) is 8.42. The molecule has 0 saturated carbocycles. The molecule has 0 saturated heterocycles. The molecule has 0 aliphatic heterocycles. The predicted molar refractivity (Wildman–Crippen MR) is 108 cm³/mol. The molecule has 0 aliphatic carbocycles. The van der Waals surface area contributed by atoms with Crippen LogP contribution in [0, 0.1) is 6.92 Å². The molecule has 0 aromatic heterocycles. The normalized spacial score (nSPS) is 11.9. The average molecular weight is 363 g/mol. The summed E-state index contributed by atoms with van der Waals surface area (Å²) in [4.78, 5) is 18.6. The lowest BCUT2D eigenvalue weighted by Gasteiger charge is -2.25. The highest BCUT2D eigenvalue weighted by Crippen LogP contribution is 2.19. The summed E-state index contributed by atoms with van der Waals surface area (Å²) < 4.78 is 5.37. The first-order chi connectivity index (χ1) is 12.2. The van der Waals surface area contributed by atoms with Crippen molar-refractivity contribution in [3.8, 4) is 5.75 Å². The quantitative estimate of drug-likeness (QED) is 0.577. The molecule has 1 rings (SSSR count). The number of rotatable bonds is 7. The molecule has 26 heavy (non-hydrogen) atoms. The number of ether oxygens (including phenoxy) is 1. The summed E-state index contributed by atoms with van der Waals surface area (Å²) >= 11 is 0. The number of amides is 1. The molecule has 0 aliphatic rings. The number of hydrogen-bond acceptors (Lipinski definition) is 3. The molecule has 1 aromatic rings. The zero-order valence-corrected chi connectivity index (χ0v) is 17.3. The Hall–Kier alpha value is -2.24. The van der Waals surface area contributed by atoms with E-state index in [1.165, 1.54) is 5.56 Å². The molecule has 1 aromatic carbocycles. The third-order valence-corrected chi connectivity index (χ3v) is 3.73. The number of carbonyl (C=O) groups excluding carboxylic acids is 1. The van der Waals surface area contributed by atoms with Crippen LogP contribution in [0.1, 0.15) is 38.8 Å². The second kappa shape index (κ2) is 10.0. The first-order valence-electron chi connectivity index (χ1n) is 9.10. The van der Waals surface area contributed by atoms with Crippen molar-refractivity contribution in [1.29, 1.82) is 0 Å². The maximum atomic E-state index is 12.1. The van der Waals surface area contributed by atoms with Crippen LogP contribution in [0.3, 0.4) is 0 Å². The molecule has 2 N–H and O–H groups in total. The predicted octanol–water partition coefficient (Wildman–Crippen LogP) is 2.36. The topological polar surface area (TPSA) is 66.0 Å². The number of aryl methyl sites for hydroxylation is 1. The van der Waals surface area contributed by atoms with Gasteiger partial charge in [0.25, 0.3) is 0 Å². The Balaban J connectivity index is 2.69. The maximum Gasteiger partial charge on any atom is 0.240 e. The molecule has 1 amide bonds. The van der Waals surface area contributed by atoms with Crippen LogP contribution < -0.4 is 15.4 Å². The van der Waals surface area contributed by atoms with Crippen molar-refractivity contribution < 1.29 is 9.53 Å². The molecule has 6 heteroatoms. The molecule has 0 fully saturated rings. The van der Waals surface area contributed by atoms with Gasteiger partial charge in [-0.2, -0.15) is 0 Å². The zero-order chi connectivity index (χ0) is 19.7. The molecule has 146 valence electrons. The second-order valence-corrected chi connectivity index (χ2v) is 7.44. The van der Waals surface area contributed by atoms with Gasteiger partial charge in [-0.1, -0.05) is 12.1 Å². The van der Waals surface area contributed by atoms with E-state index >= 15 is 0 Å². The van der Waals surface area contributed by atoms with E-state index in [1.54, 1.807) is 7.11 Å². The van der Waals surface area contributed by atoms with Crippen LogP contribution >= 0.6 is 0 Å². The van der Waals surface area contributed by atoms with Gasteiger partial charge in [0.2, 0.25) is 5.91 Å². The fourth-order valence-electron chi connectivity index (χ4n) is 2.53. The Morgan fingerprint density at radius 2 is 2.00 bits per heavy atom. The van der Waals surface area contributed by atoms with Crippen molar-refractivity contribution >= 4 is 11.9 Å². The number of likely N-dealkylation sites (N-methyl/N-ethyl adjacent to an activating group) is 1. The van der Waals surface area contributed by atoms with E-state index in [-0.39, 0.29) is 18.0 Å². The highest BCUT2D eigenvalue weighted by molar-refractivity contribution is 5.86. The first-order valence-corrected chi connectivity index (χ1v) is 9.10. The fourth-order valence-corrected chi connectivity index (χ4v) is 2.53. The number of nitrogens with one attached hydrogen (secondary N) is 2. The summed E-state index contributed by atoms with van der Waals surface area (Å²) in [5, 5.41) is 6.21. The Morgan fingerprint density at radius 1 is 1.31 bits per heavy atom. The molecule has 0 unspecified atom stereocenters. The lowest BCUT2D eigenvalue weighted by atomic mass is 10.1. The number of aliphatic imine (C=N–C) groups is 1. The molecule has 0 atom stereocenters. The van der Waals surface area contributed by atoms with Gasteiger partial charge in [0.05, 0.1) is 13.7 Å². The van der Waals surface area contributed by atoms with Gasteiger partial charge in [-0.15, -0.1) is 0 Å². The van der Waals surface area contributed by atoms with Crippen molar-refractivity contribution in [3.05, 3.63) is 29.3 Å². The van der Waals surface area contributed by atoms with Crippen LogP contribution in [-0.2, 0) is 11.2 Å². The van der Waals surface area contributed by atoms with Crippen molar-refractivity contribution in [3.63, 3.8) is 0 Å². The fraction of sp³-hybridized carbons (Fsp3) is 0.600. The summed E-state index contributed by atoms with van der Waals surface area (Å²) in [6.45, 7) is 11.6. The van der Waals surface area contributed by atoms with Crippen molar-refractivity contribution in [2.75, 3.05) is 33.8 Å². The molecule has 6 nitrogen and oxygen atoms in total. The van der Waals surface area contributed by atoms with Gasteiger partial charge in [-0.3, -0.25) is 9.79 Å². The van der Waals surface area contributed by atoms with Crippen LogP contribution in [0.4, 0.5) is 0 Å². The van der Waals surface area contributed by atoms with Crippen molar-refractivity contribution in [2.24, 2.45) is 4.99 Å². The SMILES string of the molecule is CCNC(=NCCc1ccc(C)c(OC)c1)N(C)CC(=O)NC(C)(C)C. The van der Waals surface area contributed by atoms with E-state index in [2.05, 4.69) is 33.8 Å². The highest BCUT2D eigenvalue weighted by Gasteiger charge is 2.16. The van der Waals surface area contributed by atoms with E-state index in [1.807, 2.05) is 46.6 Å². The smallest absolute Gasteiger partial charge is 0.240 e. The molecule has 0 heterocycles. The van der Waals surface area contributed by atoms with E-state index < -0.39 is 0 Å². The van der Waals surface area contributed by atoms with Gasteiger partial charge in [-0.05, 0) is 58.2 Å². The summed E-state index contributed by atoms with van der Waals surface area (Å²) in [6.07, 6.45) is 0.813. The standard InChI is InChI=1S/C20H34N4O2/c1-8-21-19(24(6)14-18(25)23-20(3,4)5)22-12-11-16-10-9-15(2)17(13-16)26-7/h9-10,13H,8,11-12,14H2,1-7H3,(H,21,22)(H,23,25). The van der Waals surface area contributed by atoms with Crippen LogP contribution in [0.2, 0.25) is 0 Å². The summed E-state index contributed by atoms with van der Waals surface area (Å²) in [7, 11) is 3.56. The average Bonchev–Trinajstić information content (AvgIpc) is 2.53. The van der Waals surface area contributed by atoms with E-state index in [4.69, 9.17) is 4.74 Å². The lowest BCUT2D eigenvalue weighted by molar-refractivity contribution is -0.122. The van der Waals surface area contributed by atoms with Gasteiger partial charge in [0, 0.05) is 25.7 Å². The minimum atomic E-state index is -0.238. The Bertz CT molecular complexity index is 621. The monoisotopic (exact) mass is 362 g/mol. The second-order valence-electron chi connectivity index (χ2n) is 7.44. The first kappa shape index (κ1) is 21.8. The molecular formula is C20H34N4O2. The molecule has 0 bridgehead atoms. The molecule has 0 spiro atoms. The largest absolute Gasteiger partial charge is 0.496 e. The van der Waals surface area contributed by atoms with Crippen LogP contribution in [0.25, 0.3) is 0 Å². The maximum absolute atomic E-state index is 12.1. The van der Waals surface area contributed by atoms with E-state index in [0.29, 0.717) is 6.54 Å². The zero-order valence-electron chi connectivity index (χ0n) is 17.3. The van der Waals surface area contributed by atoms with Gasteiger partial charge < -0.3 is 20.3 Å². The highest BCUT2D eigenvalue weighted by atomic mass is 16.5. The van der Waals surface area contributed by atoms with Gasteiger partial charge in [0.15, 0.2) is 5.96 Å². The third-order valence-electron chi connectivity index (χ3n) is 3.73. The van der Waals surface area contributed by atoms with Crippen molar-refractivity contribution in [1.82, 2.24) is 15.5 Å². The number of carbonyl (C=O) groups is 1. The van der Waals surface area contributed by atoms with Crippen LogP contribution in [0.5, 0.6) is 5.75 Å². The van der Waals surface area contributed by atoms with E-state index in [0.717, 1.165) is 30.2 Å². The van der Waals surface area contributed by atoms with Gasteiger partial charge in [-0.25, -0.2) is 0 Å². The van der Waals surface area contributed by atoms with Crippen molar-refractivity contribution in [2.45, 2.75) is 46.6 Å². The Morgan fingerprint density at radius 3 is 2.58 bits per heavy atom. The number of methoxy groups -OCH3 is 1. The minimum absolute atomic E-state index is 0.0196. The summed E-state index contributed by atoms with van der Waals surface area (Å²) in [6, 6.07) is 6.21. The summed E-state index contributed by atoms with van der Waals surface area (Å²) in [5.74, 6) is 1.61. The van der Waals surface area contributed by atoms with E-state index in [9.17, 15) is 4.79 Å².